The van der Waals surface area contributed by atoms with Gasteiger partial charge in [-0.3, -0.25) is 0 Å². The van der Waals surface area contributed by atoms with Gasteiger partial charge in [0, 0.05) is 22.2 Å². The van der Waals surface area contributed by atoms with Crippen molar-refractivity contribution in [3.05, 3.63) is 41.3 Å². The van der Waals surface area contributed by atoms with Gasteiger partial charge >= 0.3 is 0 Å². The lowest BCUT2D eigenvalue weighted by molar-refractivity contribution is 0.155. The SMILES string of the molecule is C=C1N(Cc2nc3ccc(Cl)cc3n2N)C2CCCCC2C1(C)CC.CC. The second-order valence-corrected chi connectivity index (χ2v) is 8.27. The Morgan fingerprint density at radius 1 is 1.30 bits per heavy atom. The lowest BCUT2D eigenvalue weighted by Crippen LogP contribution is -2.35. The van der Waals surface area contributed by atoms with Gasteiger partial charge in [-0.25, -0.2) is 9.66 Å². The Hall–Kier alpha value is -1.68. The third-order valence-electron chi connectivity index (χ3n) is 6.72. The van der Waals surface area contributed by atoms with Crippen molar-refractivity contribution in [3.8, 4) is 0 Å². The average Bonchev–Trinajstić information content (AvgIpc) is 3.12. The number of hydrogen-bond acceptors (Lipinski definition) is 3. The second kappa shape index (κ2) is 7.75. The molecule has 4 nitrogen and oxygen atoms in total. The normalized spacial score (nSPS) is 27.4. The zero-order valence-electron chi connectivity index (χ0n) is 17.1. The van der Waals surface area contributed by atoms with Crippen molar-refractivity contribution in [2.75, 3.05) is 5.84 Å². The van der Waals surface area contributed by atoms with Crippen LogP contribution in [0.3, 0.4) is 0 Å². The van der Waals surface area contributed by atoms with Crippen LogP contribution in [0.25, 0.3) is 11.0 Å². The summed E-state index contributed by atoms with van der Waals surface area (Å²) in [6, 6.07) is 6.24. The minimum absolute atomic E-state index is 0.194. The monoisotopic (exact) mass is 388 g/mol. The van der Waals surface area contributed by atoms with Gasteiger partial charge in [0.05, 0.1) is 17.6 Å². The molecule has 2 aromatic rings. The predicted octanol–water partition coefficient (Wildman–Crippen LogP) is 5.73. The molecule has 4 rings (SSSR count). The Kier molecular flexibility index (Phi) is 5.76. The Labute approximate surface area is 168 Å². The highest BCUT2D eigenvalue weighted by Gasteiger charge is 2.51. The fourth-order valence-electron chi connectivity index (χ4n) is 5.03. The molecule has 1 saturated heterocycles. The van der Waals surface area contributed by atoms with Crippen LogP contribution in [0.15, 0.2) is 30.5 Å². The maximum Gasteiger partial charge on any atom is 0.147 e. The summed E-state index contributed by atoms with van der Waals surface area (Å²) in [5, 5.41) is 0.683. The van der Waals surface area contributed by atoms with Crippen LogP contribution in [0, 0.1) is 11.3 Å². The molecule has 1 aliphatic heterocycles. The first kappa shape index (κ1) is 20.1. The van der Waals surface area contributed by atoms with E-state index in [0.717, 1.165) is 29.8 Å². The molecule has 1 saturated carbocycles. The molecule has 5 heteroatoms. The Morgan fingerprint density at radius 2 is 2.00 bits per heavy atom. The summed E-state index contributed by atoms with van der Waals surface area (Å²) in [5.41, 5.74) is 3.23. The molecular weight excluding hydrogens is 356 g/mol. The molecule has 3 atom stereocenters. The summed E-state index contributed by atoms with van der Waals surface area (Å²) in [4.78, 5) is 7.24. The largest absolute Gasteiger partial charge is 0.364 e. The molecule has 1 aromatic carbocycles. The topological polar surface area (TPSA) is 47.1 Å². The Bertz CT molecular complexity index is 827. The number of likely N-dealkylation sites (tertiary alicyclic amines) is 1. The van der Waals surface area contributed by atoms with Gasteiger partial charge in [0.2, 0.25) is 0 Å². The molecule has 0 bridgehead atoms. The van der Waals surface area contributed by atoms with Crippen molar-refractivity contribution in [2.45, 2.75) is 72.4 Å². The molecule has 2 heterocycles. The number of hydrogen-bond donors (Lipinski definition) is 1. The van der Waals surface area contributed by atoms with Gasteiger partial charge in [-0.05, 0) is 43.4 Å². The van der Waals surface area contributed by atoms with E-state index in [1.54, 1.807) is 4.68 Å². The van der Waals surface area contributed by atoms with Gasteiger partial charge in [0.25, 0.3) is 0 Å². The van der Waals surface area contributed by atoms with Crippen LogP contribution in [-0.2, 0) is 6.54 Å². The van der Waals surface area contributed by atoms with Crippen LogP contribution >= 0.6 is 11.6 Å². The van der Waals surface area contributed by atoms with E-state index in [1.165, 1.54) is 31.4 Å². The maximum absolute atomic E-state index is 6.34. The number of halogens is 1. The number of rotatable bonds is 3. The van der Waals surface area contributed by atoms with Crippen molar-refractivity contribution < 1.29 is 0 Å². The smallest absolute Gasteiger partial charge is 0.147 e. The van der Waals surface area contributed by atoms with E-state index in [2.05, 4.69) is 25.3 Å². The van der Waals surface area contributed by atoms with Crippen LogP contribution in [0.2, 0.25) is 5.02 Å². The van der Waals surface area contributed by atoms with Crippen molar-refractivity contribution in [1.29, 1.82) is 0 Å². The predicted molar refractivity (Wildman–Crippen MR) is 115 cm³/mol. The van der Waals surface area contributed by atoms with E-state index in [-0.39, 0.29) is 5.41 Å². The number of nitrogen functional groups attached to an aromatic ring is 1. The van der Waals surface area contributed by atoms with Crippen molar-refractivity contribution >= 4 is 22.6 Å². The lowest BCUT2D eigenvalue weighted by Gasteiger charge is -2.35. The van der Waals surface area contributed by atoms with E-state index in [0.29, 0.717) is 17.0 Å². The van der Waals surface area contributed by atoms with Crippen LogP contribution in [0.1, 0.15) is 65.6 Å². The maximum atomic E-state index is 6.34. The van der Waals surface area contributed by atoms with Gasteiger partial charge < -0.3 is 10.7 Å². The van der Waals surface area contributed by atoms with Gasteiger partial charge in [-0.1, -0.05) is 58.7 Å². The van der Waals surface area contributed by atoms with Crippen molar-refractivity contribution in [3.63, 3.8) is 0 Å². The summed E-state index contributed by atoms with van der Waals surface area (Å²) in [6.07, 6.45) is 6.33. The Balaban J connectivity index is 0.00000102. The Morgan fingerprint density at radius 3 is 2.70 bits per heavy atom. The third-order valence-corrected chi connectivity index (χ3v) is 6.96. The highest BCUT2D eigenvalue weighted by molar-refractivity contribution is 6.31. The first-order valence-corrected chi connectivity index (χ1v) is 10.7. The van der Waals surface area contributed by atoms with Gasteiger partial charge in [0.1, 0.15) is 5.82 Å². The van der Waals surface area contributed by atoms with E-state index >= 15 is 0 Å². The molecule has 0 spiro atoms. The summed E-state index contributed by atoms with van der Waals surface area (Å²) in [5.74, 6) is 7.91. The number of nitrogens with zero attached hydrogens (tertiary/aromatic N) is 3. The van der Waals surface area contributed by atoms with Gasteiger partial charge in [-0.2, -0.15) is 0 Å². The molecule has 0 radical (unpaired) electrons. The molecule has 27 heavy (non-hydrogen) atoms. The van der Waals surface area contributed by atoms with E-state index < -0.39 is 0 Å². The van der Waals surface area contributed by atoms with E-state index in [9.17, 15) is 0 Å². The molecule has 1 aromatic heterocycles. The lowest BCUT2D eigenvalue weighted by atomic mass is 9.68. The number of benzene rings is 1. The van der Waals surface area contributed by atoms with E-state index in [1.807, 2.05) is 32.0 Å². The second-order valence-electron chi connectivity index (χ2n) is 7.83. The number of allylic oxidation sites excluding steroid dienone is 1. The molecule has 2 N–H and O–H groups in total. The molecular formula is C22H33ClN4. The average molecular weight is 389 g/mol. The highest BCUT2D eigenvalue weighted by atomic mass is 35.5. The number of nitrogens with two attached hydrogens (primary N) is 1. The fourth-order valence-corrected chi connectivity index (χ4v) is 5.19. The molecule has 0 amide bonds. The minimum Gasteiger partial charge on any atom is -0.364 e. The van der Waals surface area contributed by atoms with Gasteiger partial charge in [0.15, 0.2) is 0 Å². The zero-order chi connectivity index (χ0) is 19.8. The first-order chi connectivity index (χ1) is 13.0. The quantitative estimate of drug-likeness (QED) is 0.682. The molecule has 2 aliphatic rings. The number of imidazole rings is 1. The van der Waals surface area contributed by atoms with Gasteiger partial charge in [-0.15, -0.1) is 0 Å². The third kappa shape index (κ3) is 3.22. The van der Waals surface area contributed by atoms with Crippen LogP contribution in [0.4, 0.5) is 0 Å². The molecule has 1 aliphatic carbocycles. The standard InChI is InChI=1S/C20H27ClN4.C2H6/c1-4-20(3)13(2)24(17-8-6-5-7-15(17)20)12-19-23-16-10-9-14(21)11-18(16)25(19)22;1-2/h9-11,15,17H,2,4-8,12,22H2,1,3H3;1-2H3. The van der Waals surface area contributed by atoms with Crippen molar-refractivity contribution in [2.24, 2.45) is 11.3 Å². The zero-order valence-corrected chi connectivity index (χ0v) is 17.9. The summed E-state index contributed by atoms with van der Waals surface area (Å²) in [6.45, 7) is 13.9. The molecule has 148 valence electrons. The highest BCUT2D eigenvalue weighted by Crippen LogP contribution is 2.55. The van der Waals surface area contributed by atoms with Crippen LogP contribution < -0.4 is 5.84 Å². The van der Waals surface area contributed by atoms with E-state index in [4.69, 9.17) is 22.4 Å². The summed E-state index contributed by atoms with van der Waals surface area (Å²) < 4.78 is 1.69. The van der Waals surface area contributed by atoms with Crippen molar-refractivity contribution in [1.82, 2.24) is 14.6 Å². The minimum atomic E-state index is 0.194. The molecule has 2 fully saturated rings. The first-order valence-electron chi connectivity index (χ1n) is 10.3. The van der Waals surface area contributed by atoms with Crippen LogP contribution in [-0.4, -0.2) is 20.6 Å². The number of aromatic nitrogens is 2. The molecule has 3 unspecified atom stereocenters. The number of fused-ring (bicyclic) bond motifs is 2. The summed E-state index contributed by atoms with van der Waals surface area (Å²) >= 11 is 6.12. The van der Waals surface area contributed by atoms with Crippen LogP contribution in [0.5, 0.6) is 0 Å². The summed E-state index contributed by atoms with van der Waals surface area (Å²) in [7, 11) is 0. The fraction of sp³-hybridized carbons (Fsp3) is 0.591.